The normalized spacial score (nSPS) is 10.4. The maximum absolute atomic E-state index is 14.5. The third-order valence-corrected chi connectivity index (χ3v) is 4.40. The number of amides is 1. The van der Waals surface area contributed by atoms with Crippen LogP contribution in [0.25, 0.3) is 10.9 Å². The number of nitrogens with one attached hydrogen (secondary N) is 2. The Labute approximate surface area is 165 Å². The molecule has 0 saturated carbocycles. The van der Waals surface area contributed by atoms with Gasteiger partial charge in [-0.15, -0.1) is 0 Å². The van der Waals surface area contributed by atoms with Gasteiger partial charge < -0.3 is 15.4 Å². The summed E-state index contributed by atoms with van der Waals surface area (Å²) in [5.74, 6) is 3.59. The second kappa shape index (κ2) is 8.70. The number of rotatable bonds is 4. The molecule has 3 rings (SSSR count). The van der Waals surface area contributed by atoms with Gasteiger partial charge in [0.2, 0.25) is 5.43 Å². The maximum Gasteiger partial charge on any atom is 0.256 e. The fourth-order valence-electron chi connectivity index (χ4n) is 2.73. The first-order chi connectivity index (χ1) is 13.5. The molecule has 0 spiro atoms. The van der Waals surface area contributed by atoms with E-state index in [9.17, 15) is 14.0 Å². The van der Waals surface area contributed by atoms with Crippen molar-refractivity contribution in [1.82, 2.24) is 10.3 Å². The van der Waals surface area contributed by atoms with Gasteiger partial charge in [0.15, 0.2) is 5.82 Å². The van der Waals surface area contributed by atoms with Crippen molar-refractivity contribution >= 4 is 28.4 Å². The number of hydrogen-bond acceptors (Lipinski definition) is 3. The molecule has 7 heteroatoms. The number of aliphatic hydroxyl groups is 1. The van der Waals surface area contributed by atoms with Crippen LogP contribution in [0, 0.1) is 17.7 Å². The van der Waals surface area contributed by atoms with Crippen LogP contribution in [0.15, 0.2) is 47.4 Å². The van der Waals surface area contributed by atoms with Crippen molar-refractivity contribution in [2.75, 3.05) is 13.2 Å². The lowest BCUT2D eigenvalue weighted by Gasteiger charge is -2.07. The molecule has 0 unspecified atom stereocenters. The summed E-state index contributed by atoms with van der Waals surface area (Å²) in [7, 11) is 0. The van der Waals surface area contributed by atoms with Crippen LogP contribution in [0.3, 0.4) is 0 Å². The highest BCUT2D eigenvalue weighted by Gasteiger charge is 2.15. The highest BCUT2D eigenvalue weighted by Crippen LogP contribution is 2.16. The Kier molecular flexibility index (Phi) is 6.09. The third kappa shape index (κ3) is 4.22. The van der Waals surface area contributed by atoms with E-state index in [0.717, 1.165) is 5.56 Å². The molecule has 1 aromatic heterocycles. The Bertz CT molecular complexity index is 1140. The van der Waals surface area contributed by atoms with Crippen LogP contribution < -0.4 is 10.7 Å². The predicted octanol–water partition coefficient (Wildman–Crippen LogP) is 2.64. The summed E-state index contributed by atoms with van der Waals surface area (Å²) in [6.07, 6.45) is 1.77. The Morgan fingerprint density at radius 2 is 1.96 bits per heavy atom. The second-order valence-corrected chi connectivity index (χ2v) is 6.41. The number of benzene rings is 2. The smallest absolute Gasteiger partial charge is 0.256 e. The fourth-order valence-corrected chi connectivity index (χ4v) is 2.85. The number of fused-ring (bicyclic) bond motifs is 1. The number of aromatic nitrogens is 1. The zero-order valence-electron chi connectivity index (χ0n) is 14.7. The van der Waals surface area contributed by atoms with Gasteiger partial charge in [0.05, 0.1) is 11.1 Å². The van der Waals surface area contributed by atoms with Crippen LogP contribution in [-0.4, -0.2) is 29.1 Å². The number of aromatic amines is 1. The van der Waals surface area contributed by atoms with E-state index in [4.69, 9.17) is 16.7 Å². The van der Waals surface area contributed by atoms with Gasteiger partial charge >= 0.3 is 0 Å². The first kappa shape index (κ1) is 19.6. The summed E-state index contributed by atoms with van der Waals surface area (Å²) in [6, 6.07) is 10.00. The molecule has 0 aliphatic heterocycles. The monoisotopic (exact) mass is 398 g/mol. The van der Waals surface area contributed by atoms with E-state index in [2.05, 4.69) is 22.1 Å². The molecule has 0 aliphatic rings. The van der Waals surface area contributed by atoms with Gasteiger partial charge in [0.25, 0.3) is 5.91 Å². The fraction of sp³-hybridized carbons (Fsp3) is 0.143. The molecule has 28 heavy (non-hydrogen) atoms. The molecular weight excluding hydrogens is 383 g/mol. The number of pyridine rings is 1. The van der Waals surface area contributed by atoms with Gasteiger partial charge in [0.1, 0.15) is 12.2 Å². The molecule has 142 valence electrons. The van der Waals surface area contributed by atoms with Crippen molar-refractivity contribution in [2.24, 2.45) is 0 Å². The quantitative estimate of drug-likeness (QED) is 0.591. The molecule has 1 amide bonds. The molecule has 0 atom stereocenters. The van der Waals surface area contributed by atoms with Crippen LogP contribution >= 0.6 is 11.6 Å². The van der Waals surface area contributed by atoms with E-state index < -0.39 is 23.8 Å². The summed E-state index contributed by atoms with van der Waals surface area (Å²) in [4.78, 5) is 27.6. The lowest BCUT2D eigenvalue weighted by molar-refractivity contribution is 0.0953. The minimum Gasteiger partial charge on any atom is -0.384 e. The second-order valence-electron chi connectivity index (χ2n) is 5.97. The van der Waals surface area contributed by atoms with Crippen LogP contribution in [0.5, 0.6) is 0 Å². The van der Waals surface area contributed by atoms with Crippen molar-refractivity contribution in [2.45, 2.75) is 6.42 Å². The van der Waals surface area contributed by atoms with Gasteiger partial charge in [-0.1, -0.05) is 35.6 Å². The predicted molar refractivity (Wildman–Crippen MR) is 106 cm³/mol. The van der Waals surface area contributed by atoms with Crippen molar-refractivity contribution in [3.8, 4) is 11.8 Å². The Morgan fingerprint density at radius 1 is 1.21 bits per heavy atom. The lowest BCUT2D eigenvalue weighted by atomic mass is 10.1. The summed E-state index contributed by atoms with van der Waals surface area (Å²) in [6.45, 7) is -0.0644. The molecule has 0 radical (unpaired) electrons. The molecule has 3 aromatic rings. The minimum atomic E-state index is -0.703. The Hall–Kier alpha value is -3.14. The van der Waals surface area contributed by atoms with Crippen molar-refractivity contribution in [3.05, 3.63) is 80.3 Å². The molecule has 2 aromatic carbocycles. The zero-order chi connectivity index (χ0) is 20.1. The van der Waals surface area contributed by atoms with Gasteiger partial charge in [-0.25, -0.2) is 4.39 Å². The van der Waals surface area contributed by atoms with E-state index >= 15 is 0 Å². The number of H-pyrrole nitrogens is 1. The van der Waals surface area contributed by atoms with Crippen LogP contribution in [-0.2, 0) is 6.42 Å². The van der Waals surface area contributed by atoms with Gasteiger partial charge in [-0.05, 0) is 36.2 Å². The highest BCUT2D eigenvalue weighted by molar-refractivity contribution is 6.30. The molecule has 0 bridgehead atoms. The highest BCUT2D eigenvalue weighted by atomic mass is 35.5. The largest absolute Gasteiger partial charge is 0.384 e. The molecule has 0 saturated heterocycles. The lowest BCUT2D eigenvalue weighted by Crippen LogP contribution is -2.30. The van der Waals surface area contributed by atoms with E-state index in [1.165, 1.54) is 18.3 Å². The summed E-state index contributed by atoms with van der Waals surface area (Å²) >= 11 is 5.83. The molecular formula is C21H16ClFN2O3. The summed E-state index contributed by atoms with van der Waals surface area (Å²) in [5, 5.41) is 12.1. The van der Waals surface area contributed by atoms with Gasteiger partial charge in [-0.2, -0.15) is 0 Å². The maximum atomic E-state index is 14.5. The average molecular weight is 399 g/mol. The molecule has 0 fully saturated rings. The minimum absolute atomic E-state index is 0.0348. The standard InChI is InChI=1S/C21H16ClFN2O3/c22-15-6-3-13(4-7-15)9-10-24-21(28)17-12-25-19-16(20(17)27)8-5-14(18(19)23)2-1-11-26/h3-8,12,26H,9-11H2,(H,24,28)(H,25,27). The number of carbonyl (C=O) groups is 1. The number of aliphatic hydroxyl groups excluding tert-OH is 1. The van der Waals surface area contributed by atoms with Crippen molar-refractivity contribution in [3.63, 3.8) is 0 Å². The SMILES string of the molecule is O=C(NCCc1ccc(Cl)cc1)c1c[nH]c2c(F)c(C#CCO)ccc2c1=O. The van der Waals surface area contributed by atoms with E-state index in [0.29, 0.717) is 18.0 Å². The van der Waals surface area contributed by atoms with Crippen molar-refractivity contribution < 1.29 is 14.3 Å². The zero-order valence-corrected chi connectivity index (χ0v) is 15.4. The first-order valence-corrected chi connectivity index (χ1v) is 8.85. The van der Waals surface area contributed by atoms with E-state index in [-0.39, 0.29) is 22.0 Å². The average Bonchev–Trinajstić information content (AvgIpc) is 2.69. The summed E-state index contributed by atoms with van der Waals surface area (Å²) < 4.78 is 14.5. The van der Waals surface area contributed by atoms with E-state index in [1.807, 2.05) is 12.1 Å². The molecule has 0 aliphatic carbocycles. The summed E-state index contributed by atoms with van der Waals surface area (Å²) in [5.41, 5.74) is 0.344. The van der Waals surface area contributed by atoms with Gasteiger partial charge in [0, 0.05) is 23.2 Å². The van der Waals surface area contributed by atoms with Crippen LogP contribution in [0.2, 0.25) is 5.02 Å². The first-order valence-electron chi connectivity index (χ1n) is 8.47. The number of carbonyl (C=O) groups excluding carboxylic acids is 1. The van der Waals surface area contributed by atoms with Crippen LogP contribution in [0.4, 0.5) is 4.39 Å². The molecule has 3 N–H and O–H groups in total. The van der Waals surface area contributed by atoms with Crippen LogP contribution in [0.1, 0.15) is 21.5 Å². The van der Waals surface area contributed by atoms with Crippen molar-refractivity contribution in [1.29, 1.82) is 0 Å². The number of halogens is 2. The molecule has 5 nitrogen and oxygen atoms in total. The Morgan fingerprint density at radius 3 is 2.68 bits per heavy atom. The number of hydrogen-bond donors (Lipinski definition) is 3. The Balaban J connectivity index is 1.79. The van der Waals surface area contributed by atoms with E-state index in [1.54, 1.807) is 12.1 Å². The molecule has 1 heterocycles. The topological polar surface area (TPSA) is 82.2 Å². The third-order valence-electron chi connectivity index (χ3n) is 4.15. The van der Waals surface area contributed by atoms with Gasteiger partial charge in [-0.3, -0.25) is 9.59 Å².